The second kappa shape index (κ2) is 4.51. The van der Waals surface area contributed by atoms with E-state index in [1.54, 1.807) is 6.20 Å². The molecular weight excluding hydrogens is 184 g/mol. The summed E-state index contributed by atoms with van der Waals surface area (Å²) >= 11 is 0. The van der Waals surface area contributed by atoms with Crippen molar-refractivity contribution in [2.24, 2.45) is 7.05 Å². The van der Waals surface area contributed by atoms with Crippen molar-refractivity contribution >= 4 is 12.2 Å². The summed E-state index contributed by atoms with van der Waals surface area (Å²) < 4.78 is 2.07. The van der Waals surface area contributed by atoms with Crippen molar-refractivity contribution in [3.63, 3.8) is 0 Å². The van der Waals surface area contributed by atoms with E-state index in [2.05, 4.69) is 21.7 Å². The van der Waals surface area contributed by atoms with Crippen molar-refractivity contribution < 1.29 is 4.57 Å². The second-order valence-corrected chi connectivity index (χ2v) is 3.32. The van der Waals surface area contributed by atoms with Crippen LogP contribution in [0.5, 0.6) is 0 Å². The Balaban J connectivity index is 2.23. The number of aryl methyl sites for hydroxylation is 1. The Morgan fingerprint density at radius 2 is 1.93 bits per heavy atom. The largest absolute Gasteiger partial charge is 0.257 e. The maximum absolute atomic E-state index is 4.23. The lowest BCUT2D eigenvalue weighted by molar-refractivity contribution is -0.673. The molecule has 0 aliphatic rings. The standard InChI is InChI=1S/C13H13N2/c1-15-11-5-3-7-13(15)9-8-12-6-2-4-10-14-12/h2-11H,1H3/q+1. The van der Waals surface area contributed by atoms with Gasteiger partial charge in [-0.25, -0.2) is 4.57 Å². The van der Waals surface area contributed by atoms with E-state index in [4.69, 9.17) is 0 Å². The van der Waals surface area contributed by atoms with Crippen LogP contribution in [0, 0.1) is 0 Å². The topological polar surface area (TPSA) is 16.8 Å². The first-order chi connectivity index (χ1) is 7.36. The Labute approximate surface area is 89.5 Å². The minimum Gasteiger partial charge on any atom is -0.257 e. The van der Waals surface area contributed by atoms with Gasteiger partial charge in [0.05, 0.1) is 5.69 Å². The van der Waals surface area contributed by atoms with E-state index in [1.807, 2.05) is 49.7 Å². The van der Waals surface area contributed by atoms with E-state index < -0.39 is 0 Å². The molecule has 2 aromatic heterocycles. The van der Waals surface area contributed by atoms with Gasteiger partial charge < -0.3 is 0 Å². The fraction of sp³-hybridized carbons (Fsp3) is 0.0769. The SMILES string of the molecule is C[n+]1ccccc1C=Cc1ccccn1. The summed E-state index contributed by atoms with van der Waals surface area (Å²) in [5, 5.41) is 0. The molecule has 0 N–H and O–H groups in total. The molecule has 15 heavy (non-hydrogen) atoms. The van der Waals surface area contributed by atoms with Crippen LogP contribution < -0.4 is 4.57 Å². The molecule has 2 heteroatoms. The van der Waals surface area contributed by atoms with Crippen LogP contribution >= 0.6 is 0 Å². The zero-order chi connectivity index (χ0) is 10.5. The van der Waals surface area contributed by atoms with Crippen molar-refractivity contribution in [2.45, 2.75) is 0 Å². The number of nitrogens with zero attached hydrogens (tertiary/aromatic N) is 2. The highest BCUT2D eigenvalue weighted by Gasteiger charge is 1.98. The quantitative estimate of drug-likeness (QED) is 0.673. The number of pyridine rings is 2. The fourth-order valence-corrected chi connectivity index (χ4v) is 1.36. The van der Waals surface area contributed by atoms with E-state index in [0.29, 0.717) is 0 Å². The zero-order valence-corrected chi connectivity index (χ0v) is 8.67. The Morgan fingerprint density at radius 1 is 1.07 bits per heavy atom. The first kappa shape index (κ1) is 9.59. The molecule has 2 nitrogen and oxygen atoms in total. The van der Waals surface area contributed by atoms with Gasteiger partial charge in [0.25, 0.3) is 0 Å². The molecule has 2 rings (SSSR count). The van der Waals surface area contributed by atoms with Gasteiger partial charge in [-0.1, -0.05) is 6.07 Å². The van der Waals surface area contributed by atoms with Gasteiger partial charge in [0.15, 0.2) is 6.20 Å². The summed E-state index contributed by atoms with van der Waals surface area (Å²) in [6, 6.07) is 12.0. The molecule has 2 heterocycles. The van der Waals surface area contributed by atoms with E-state index >= 15 is 0 Å². The number of rotatable bonds is 2. The van der Waals surface area contributed by atoms with Crippen LogP contribution in [0.15, 0.2) is 48.8 Å². The monoisotopic (exact) mass is 197 g/mol. The number of aromatic nitrogens is 2. The van der Waals surface area contributed by atoms with E-state index in [1.165, 1.54) is 0 Å². The normalized spacial score (nSPS) is 10.7. The van der Waals surface area contributed by atoms with Crippen molar-refractivity contribution in [3.05, 3.63) is 60.2 Å². The summed E-state index contributed by atoms with van der Waals surface area (Å²) in [6.45, 7) is 0. The molecule has 0 saturated heterocycles. The van der Waals surface area contributed by atoms with Gasteiger partial charge in [0.1, 0.15) is 7.05 Å². The molecule has 0 radical (unpaired) electrons. The average Bonchev–Trinajstić information content (AvgIpc) is 2.29. The third kappa shape index (κ3) is 2.50. The molecule has 74 valence electrons. The molecule has 0 amide bonds. The predicted octanol–water partition coefficient (Wildman–Crippen LogP) is 2.08. The fourth-order valence-electron chi connectivity index (χ4n) is 1.36. The van der Waals surface area contributed by atoms with Crippen LogP contribution in [-0.2, 0) is 7.05 Å². The highest BCUT2D eigenvalue weighted by Crippen LogP contribution is 2.01. The van der Waals surface area contributed by atoms with Gasteiger partial charge in [0.2, 0.25) is 5.69 Å². The molecule has 0 aromatic carbocycles. The molecule has 0 saturated carbocycles. The molecule has 0 aliphatic carbocycles. The van der Waals surface area contributed by atoms with Gasteiger partial charge >= 0.3 is 0 Å². The van der Waals surface area contributed by atoms with Gasteiger partial charge in [-0.3, -0.25) is 4.98 Å². The van der Waals surface area contributed by atoms with Crippen LogP contribution in [0.3, 0.4) is 0 Å². The highest BCUT2D eigenvalue weighted by atomic mass is 14.9. The maximum atomic E-state index is 4.23. The summed E-state index contributed by atoms with van der Waals surface area (Å²) in [5.74, 6) is 0. The van der Waals surface area contributed by atoms with Crippen molar-refractivity contribution in [2.75, 3.05) is 0 Å². The molecular formula is C13H13N2+. The highest BCUT2D eigenvalue weighted by molar-refractivity contribution is 5.64. The van der Waals surface area contributed by atoms with Crippen molar-refractivity contribution in [1.29, 1.82) is 0 Å². The van der Waals surface area contributed by atoms with Crippen LogP contribution in [0.4, 0.5) is 0 Å². The molecule has 0 unspecified atom stereocenters. The Hall–Kier alpha value is -1.96. The minimum absolute atomic E-state index is 0.973. The summed E-state index contributed by atoms with van der Waals surface area (Å²) in [4.78, 5) is 4.23. The van der Waals surface area contributed by atoms with Crippen molar-refractivity contribution in [3.8, 4) is 0 Å². The number of hydrogen-bond donors (Lipinski definition) is 0. The molecule has 0 aliphatic heterocycles. The molecule has 0 atom stereocenters. The Bertz CT molecular complexity index is 461. The van der Waals surface area contributed by atoms with E-state index in [0.717, 1.165) is 11.4 Å². The smallest absolute Gasteiger partial charge is 0.204 e. The van der Waals surface area contributed by atoms with Gasteiger partial charge in [-0.2, -0.15) is 0 Å². The van der Waals surface area contributed by atoms with E-state index in [-0.39, 0.29) is 0 Å². The van der Waals surface area contributed by atoms with Gasteiger partial charge in [-0.05, 0) is 24.3 Å². The van der Waals surface area contributed by atoms with Crippen LogP contribution in [-0.4, -0.2) is 4.98 Å². The Morgan fingerprint density at radius 3 is 2.67 bits per heavy atom. The lowest BCUT2D eigenvalue weighted by Gasteiger charge is -1.92. The summed E-state index contributed by atoms with van der Waals surface area (Å²) in [7, 11) is 2.03. The van der Waals surface area contributed by atoms with Gasteiger partial charge in [0, 0.05) is 24.4 Å². The molecule has 0 fully saturated rings. The van der Waals surface area contributed by atoms with Crippen molar-refractivity contribution in [1.82, 2.24) is 4.98 Å². The zero-order valence-electron chi connectivity index (χ0n) is 8.67. The first-order valence-corrected chi connectivity index (χ1v) is 4.90. The van der Waals surface area contributed by atoms with Gasteiger partial charge in [-0.15, -0.1) is 0 Å². The summed E-state index contributed by atoms with van der Waals surface area (Å²) in [6.07, 6.45) is 7.89. The third-order valence-electron chi connectivity index (χ3n) is 2.21. The molecule has 0 spiro atoms. The second-order valence-electron chi connectivity index (χ2n) is 3.32. The average molecular weight is 197 g/mol. The first-order valence-electron chi connectivity index (χ1n) is 4.90. The Kier molecular flexibility index (Phi) is 2.88. The molecule has 2 aromatic rings. The predicted molar refractivity (Wildman–Crippen MR) is 60.8 cm³/mol. The van der Waals surface area contributed by atoms with E-state index in [9.17, 15) is 0 Å². The lowest BCUT2D eigenvalue weighted by Crippen LogP contribution is -2.30. The lowest BCUT2D eigenvalue weighted by atomic mass is 10.2. The van der Waals surface area contributed by atoms with Crippen LogP contribution in [0.25, 0.3) is 12.2 Å². The van der Waals surface area contributed by atoms with Crippen LogP contribution in [0.2, 0.25) is 0 Å². The number of hydrogen-bond acceptors (Lipinski definition) is 1. The molecule has 0 bridgehead atoms. The summed E-state index contributed by atoms with van der Waals surface area (Å²) in [5.41, 5.74) is 2.13. The minimum atomic E-state index is 0.973. The van der Waals surface area contributed by atoms with Crippen LogP contribution in [0.1, 0.15) is 11.4 Å². The maximum Gasteiger partial charge on any atom is 0.204 e. The third-order valence-corrected chi connectivity index (χ3v) is 2.21.